The standard InChI is InChI=1S/C14H20ClN5O4/c1-2-3-4-7-19-10-9(17-12(15)18-10)11(21)20(14(19)24)8-5-6-16-13(22)23/h16H,2-8H2,1H3,(H,17,18)(H,22,23). The van der Waals surface area contributed by atoms with Crippen LogP contribution in [0, 0.1) is 0 Å². The topological polar surface area (TPSA) is 122 Å². The second-order valence-corrected chi connectivity index (χ2v) is 5.77. The van der Waals surface area contributed by atoms with Crippen LogP contribution in [0.1, 0.15) is 32.6 Å². The van der Waals surface area contributed by atoms with Crippen LogP contribution >= 0.6 is 11.6 Å². The van der Waals surface area contributed by atoms with Crippen LogP contribution in [-0.2, 0) is 13.1 Å². The van der Waals surface area contributed by atoms with Crippen molar-refractivity contribution in [3.63, 3.8) is 0 Å². The molecule has 0 atom stereocenters. The van der Waals surface area contributed by atoms with Crippen LogP contribution in [-0.4, -0.2) is 36.8 Å². The molecule has 0 radical (unpaired) electrons. The number of nitrogens with zero attached hydrogens (tertiary/aromatic N) is 3. The van der Waals surface area contributed by atoms with E-state index in [1.165, 1.54) is 4.57 Å². The molecular formula is C14H20ClN5O4. The van der Waals surface area contributed by atoms with Gasteiger partial charge in [-0.15, -0.1) is 0 Å². The first-order valence-corrected chi connectivity index (χ1v) is 8.19. The Balaban J connectivity index is 2.37. The summed E-state index contributed by atoms with van der Waals surface area (Å²) in [6.07, 6.45) is 1.92. The molecule has 0 saturated heterocycles. The number of aromatic nitrogens is 4. The van der Waals surface area contributed by atoms with Crippen LogP contribution in [0.3, 0.4) is 0 Å². The summed E-state index contributed by atoms with van der Waals surface area (Å²) < 4.78 is 2.53. The Kier molecular flexibility index (Phi) is 6.02. The maximum atomic E-state index is 12.6. The Morgan fingerprint density at radius 2 is 1.96 bits per heavy atom. The molecular weight excluding hydrogens is 338 g/mol. The summed E-state index contributed by atoms with van der Waals surface area (Å²) in [5, 5.41) is 10.8. The molecule has 1 amide bonds. The minimum absolute atomic E-state index is 0.0519. The number of H-pyrrole nitrogens is 1. The summed E-state index contributed by atoms with van der Waals surface area (Å²) in [5.74, 6) is 0. The SMILES string of the molecule is CCCCCn1c(=O)n(CCCNC(=O)O)c(=O)c2[nH]c(Cl)nc21. The van der Waals surface area contributed by atoms with Gasteiger partial charge in [-0.05, 0) is 24.4 Å². The first-order valence-electron chi connectivity index (χ1n) is 7.81. The lowest BCUT2D eigenvalue weighted by Crippen LogP contribution is -2.41. The number of aromatic amines is 1. The number of carbonyl (C=O) groups is 1. The van der Waals surface area contributed by atoms with Crippen LogP contribution in [0.4, 0.5) is 4.79 Å². The molecule has 0 aliphatic carbocycles. The Bertz CT molecular complexity index is 838. The van der Waals surface area contributed by atoms with Crippen LogP contribution in [0.25, 0.3) is 11.2 Å². The van der Waals surface area contributed by atoms with E-state index in [2.05, 4.69) is 22.2 Å². The average Bonchev–Trinajstić information content (AvgIpc) is 2.91. The van der Waals surface area contributed by atoms with Crippen molar-refractivity contribution in [1.82, 2.24) is 24.4 Å². The third-order valence-electron chi connectivity index (χ3n) is 3.65. The van der Waals surface area contributed by atoms with Gasteiger partial charge in [0.2, 0.25) is 5.28 Å². The van der Waals surface area contributed by atoms with Gasteiger partial charge in [-0.25, -0.2) is 9.59 Å². The van der Waals surface area contributed by atoms with Crippen LogP contribution < -0.4 is 16.6 Å². The van der Waals surface area contributed by atoms with Gasteiger partial charge in [-0.2, -0.15) is 4.98 Å². The van der Waals surface area contributed by atoms with Crippen molar-refractivity contribution in [2.75, 3.05) is 6.54 Å². The van der Waals surface area contributed by atoms with Gasteiger partial charge in [0, 0.05) is 19.6 Å². The first-order chi connectivity index (χ1) is 11.5. The smallest absolute Gasteiger partial charge is 0.404 e. The Labute approximate surface area is 142 Å². The second-order valence-electron chi connectivity index (χ2n) is 5.41. The fourth-order valence-electron chi connectivity index (χ4n) is 2.49. The van der Waals surface area contributed by atoms with E-state index in [9.17, 15) is 14.4 Å². The Morgan fingerprint density at radius 3 is 2.62 bits per heavy atom. The third-order valence-corrected chi connectivity index (χ3v) is 3.83. The number of carboxylic acid groups (broad SMARTS) is 1. The molecule has 0 unspecified atom stereocenters. The molecule has 2 heterocycles. The summed E-state index contributed by atoms with van der Waals surface area (Å²) in [6, 6.07) is 0. The van der Waals surface area contributed by atoms with E-state index in [1.807, 2.05) is 0 Å². The first kappa shape index (κ1) is 18.1. The average molecular weight is 358 g/mol. The van der Waals surface area contributed by atoms with Gasteiger partial charge < -0.3 is 15.4 Å². The van der Waals surface area contributed by atoms with E-state index in [4.69, 9.17) is 16.7 Å². The molecule has 0 bridgehead atoms. The maximum absolute atomic E-state index is 12.6. The highest BCUT2D eigenvalue weighted by molar-refractivity contribution is 6.28. The number of fused-ring (bicyclic) bond motifs is 1. The number of rotatable bonds is 8. The number of unbranched alkanes of at least 4 members (excludes halogenated alkanes) is 2. The van der Waals surface area contributed by atoms with Gasteiger partial charge in [-0.1, -0.05) is 19.8 Å². The lowest BCUT2D eigenvalue weighted by molar-refractivity contribution is 0.194. The van der Waals surface area contributed by atoms with Crippen molar-refractivity contribution in [1.29, 1.82) is 0 Å². The molecule has 0 aromatic carbocycles. The van der Waals surface area contributed by atoms with Gasteiger partial charge >= 0.3 is 11.8 Å². The van der Waals surface area contributed by atoms with E-state index in [-0.39, 0.29) is 29.5 Å². The highest BCUT2D eigenvalue weighted by Gasteiger charge is 2.16. The molecule has 0 aliphatic heterocycles. The molecule has 2 aromatic rings. The highest BCUT2D eigenvalue weighted by atomic mass is 35.5. The predicted octanol–water partition coefficient (Wildman–Crippen LogP) is 1.39. The number of imidazole rings is 1. The van der Waals surface area contributed by atoms with Crippen LogP contribution in [0.5, 0.6) is 0 Å². The number of amides is 1. The fraction of sp³-hybridized carbons (Fsp3) is 0.571. The number of hydrogen-bond acceptors (Lipinski definition) is 4. The largest absolute Gasteiger partial charge is 0.465 e. The van der Waals surface area contributed by atoms with E-state index < -0.39 is 17.3 Å². The van der Waals surface area contributed by atoms with Crippen molar-refractivity contribution in [2.45, 2.75) is 45.7 Å². The molecule has 3 N–H and O–H groups in total. The molecule has 132 valence electrons. The predicted molar refractivity (Wildman–Crippen MR) is 89.8 cm³/mol. The van der Waals surface area contributed by atoms with Crippen molar-refractivity contribution in [3.8, 4) is 0 Å². The van der Waals surface area contributed by atoms with Gasteiger partial charge in [-0.3, -0.25) is 13.9 Å². The summed E-state index contributed by atoms with van der Waals surface area (Å²) in [6.45, 7) is 2.76. The molecule has 0 spiro atoms. The van der Waals surface area contributed by atoms with Crippen molar-refractivity contribution >= 4 is 28.9 Å². The van der Waals surface area contributed by atoms with Crippen molar-refractivity contribution < 1.29 is 9.90 Å². The highest BCUT2D eigenvalue weighted by Crippen LogP contribution is 2.10. The van der Waals surface area contributed by atoms with E-state index in [0.29, 0.717) is 13.0 Å². The summed E-state index contributed by atoms with van der Waals surface area (Å²) in [7, 11) is 0. The number of nitrogens with one attached hydrogen (secondary N) is 2. The quantitative estimate of drug-likeness (QED) is 0.486. The molecule has 2 rings (SSSR count). The van der Waals surface area contributed by atoms with E-state index in [1.54, 1.807) is 0 Å². The molecule has 0 fully saturated rings. The fourth-order valence-corrected chi connectivity index (χ4v) is 2.66. The zero-order valence-electron chi connectivity index (χ0n) is 13.3. The lowest BCUT2D eigenvalue weighted by atomic mass is 10.2. The molecule has 2 aromatic heterocycles. The maximum Gasteiger partial charge on any atom is 0.404 e. The Morgan fingerprint density at radius 1 is 1.25 bits per heavy atom. The third kappa shape index (κ3) is 3.97. The monoisotopic (exact) mass is 357 g/mol. The molecule has 9 nitrogen and oxygen atoms in total. The summed E-state index contributed by atoms with van der Waals surface area (Å²) >= 11 is 5.85. The summed E-state index contributed by atoms with van der Waals surface area (Å²) in [5.41, 5.74) is -0.521. The van der Waals surface area contributed by atoms with Gasteiger partial charge in [0.25, 0.3) is 5.56 Å². The second kappa shape index (κ2) is 8.00. The van der Waals surface area contributed by atoms with Gasteiger partial charge in [0.05, 0.1) is 0 Å². The molecule has 0 saturated carbocycles. The molecule has 24 heavy (non-hydrogen) atoms. The minimum Gasteiger partial charge on any atom is -0.465 e. The van der Waals surface area contributed by atoms with Crippen molar-refractivity contribution in [2.24, 2.45) is 0 Å². The Hall–Kier alpha value is -2.29. The zero-order chi connectivity index (χ0) is 17.7. The number of halogens is 1. The van der Waals surface area contributed by atoms with Crippen LogP contribution in [0.2, 0.25) is 5.28 Å². The summed E-state index contributed by atoms with van der Waals surface area (Å²) in [4.78, 5) is 42.3. The number of aryl methyl sites for hydroxylation is 1. The molecule has 0 aliphatic rings. The normalized spacial score (nSPS) is 11.1. The van der Waals surface area contributed by atoms with Crippen LogP contribution in [0.15, 0.2) is 9.59 Å². The van der Waals surface area contributed by atoms with E-state index in [0.717, 1.165) is 23.8 Å². The van der Waals surface area contributed by atoms with Gasteiger partial charge in [0.15, 0.2) is 11.2 Å². The minimum atomic E-state index is -1.14. The lowest BCUT2D eigenvalue weighted by Gasteiger charge is -2.11. The zero-order valence-corrected chi connectivity index (χ0v) is 14.1. The van der Waals surface area contributed by atoms with E-state index >= 15 is 0 Å². The molecule has 10 heteroatoms. The number of hydrogen-bond donors (Lipinski definition) is 3. The van der Waals surface area contributed by atoms with Gasteiger partial charge in [0.1, 0.15) is 0 Å². The van der Waals surface area contributed by atoms with Crippen molar-refractivity contribution in [3.05, 3.63) is 26.1 Å².